The third kappa shape index (κ3) is 5.15. The highest BCUT2D eigenvalue weighted by Crippen LogP contribution is 2.40. The van der Waals surface area contributed by atoms with Crippen molar-refractivity contribution in [2.24, 2.45) is 0 Å². The number of carbonyl (C=O) groups excluding carboxylic acids is 1. The second kappa shape index (κ2) is 10.6. The molecule has 5 rings (SSSR count). The minimum absolute atomic E-state index is 0.159. The van der Waals surface area contributed by atoms with Crippen LogP contribution in [0.15, 0.2) is 94.9 Å². The van der Waals surface area contributed by atoms with E-state index < -0.39 is 12.0 Å². The molecule has 1 aliphatic rings. The van der Waals surface area contributed by atoms with Crippen molar-refractivity contribution in [1.82, 2.24) is 14.8 Å². The molecule has 1 atom stereocenters. The topological polar surface area (TPSA) is 78.3 Å². The van der Waals surface area contributed by atoms with E-state index in [1.807, 2.05) is 79.7 Å². The number of aromatic nitrogens is 3. The van der Waals surface area contributed by atoms with Crippen molar-refractivity contribution in [3.63, 3.8) is 0 Å². The molecule has 0 amide bonds. The van der Waals surface area contributed by atoms with Crippen molar-refractivity contribution in [3.05, 3.63) is 117 Å². The van der Waals surface area contributed by atoms with Gasteiger partial charge in [0.1, 0.15) is 31.3 Å². The summed E-state index contributed by atoms with van der Waals surface area (Å²) in [5.41, 5.74) is 3.69. The van der Waals surface area contributed by atoms with Crippen molar-refractivity contribution < 1.29 is 14.3 Å². The van der Waals surface area contributed by atoms with E-state index in [1.54, 1.807) is 4.68 Å². The highest BCUT2D eigenvalue weighted by Gasteiger charge is 2.36. The van der Waals surface area contributed by atoms with Crippen molar-refractivity contribution in [3.8, 4) is 5.75 Å². The molecule has 0 spiro atoms. The molecule has 3 aromatic carbocycles. The zero-order valence-corrected chi connectivity index (χ0v) is 21.7. The summed E-state index contributed by atoms with van der Waals surface area (Å²) in [6.07, 6.45) is 1.45. The van der Waals surface area contributed by atoms with Crippen LogP contribution in [0.5, 0.6) is 5.75 Å². The van der Waals surface area contributed by atoms with Gasteiger partial charge in [-0.05, 0) is 48.4 Å². The van der Waals surface area contributed by atoms with Gasteiger partial charge < -0.3 is 14.8 Å². The molecule has 1 N–H and O–H groups in total. The minimum atomic E-state index is -0.607. The van der Waals surface area contributed by atoms with Gasteiger partial charge in [-0.2, -0.15) is 10.1 Å². The molecular weight excluding hydrogens is 544 g/mol. The smallest absolute Gasteiger partial charge is 0.338 e. The molecule has 0 saturated heterocycles. The fraction of sp³-hybridized carbons (Fsp3) is 0.148. The lowest BCUT2D eigenvalue weighted by Crippen LogP contribution is -2.30. The molecule has 0 bridgehead atoms. The van der Waals surface area contributed by atoms with Crippen LogP contribution < -0.4 is 10.1 Å². The number of halogens is 2. The number of allylic oxidation sites excluding steroid dienone is 1. The van der Waals surface area contributed by atoms with E-state index in [2.05, 4.69) is 31.3 Å². The SMILES string of the molecule is CC1=C(C(=O)OCc2ccccc2)C(c2cc(Br)ccc2OCc2ccc(Cl)cc2)n2ncnc2N1. The monoisotopic (exact) mass is 564 g/mol. The third-order valence-corrected chi connectivity index (χ3v) is 6.55. The maximum absolute atomic E-state index is 13.5. The van der Waals surface area contributed by atoms with Crippen LogP contribution in [0, 0.1) is 0 Å². The van der Waals surface area contributed by atoms with Crippen LogP contribution in [0.25, 0.3) is 0 Å². The molecule has 4 aromatic rings. The molecule has 2 heterocycles. The van der Waals surface area contributed by atoms with Crippen molar-refractivity contribution >= 4 is 39.4 Å². The maximum Gasteiger partial charge on any atom is 0.338 e. The minimum Gasteiger partial charge on any atom is -0.489 e. The second-order valence-corrected chi connectivity index (χ2v) is 9.61. The number of nitrogens with zero attached hydrogens (tertiary/aromatic N) is 3. The van der Waals surface area contributed by atoms with E-state index in [9.17, 15) is 4.79 Å². The summed E-state index contributed by atoms with van der Waals surface area (Å²) >= 11 is 9.59. The fourth-order valence-electron chi connectivity index (χ4n) is 4.05. The molecule has 1 aliphatic heterocycles. The van der Waals surface area contributed by atoms with E-state index in [0.717, 1.165) is 21.2 Å². The summed E-state index contributed by atoms with van der Waals surface area (Å²) in [4.78, 5) is 17.8. The Labute approximate surface area is 221 Å². The number of carbonyl (C=O) groups is 1. The van der Waals surface area contributed by atoms with E-state index in [1.165, 1.54) is 6.33 Å². The average Bonchev–Trinajstić information content (AvgIpc) is 3.35. The van der Waals surface area contributed by atoms with Gasteiger partial charge in [0.15, 0.2) is 0 Å². The Hall–Kier alpha value is -3.62. The van der Waals surface area contributed by atoms with Gasteiger partial charge in [0.25, 0.3) is 0 Å². The molecule has 1 aromatic heterocycles. The largest absolute Gasteiger partial charge is 0.489 e. The van der Waals surface area contributed by atoms with Gasteiger partial charge in [0, 0.05) is 20.8 Å². The van der Waals surface area contributed by atoms with Gasteiger partial charge in [0.05, 0.1) is 5.57 Å². The van der Waals surface area contributed by atoms with Crippen LogP contribution >= 0.6 is 27.5 Å². The van der Waals surface area contributed by atoms with Crippen LogP contribution in [-0.2, 0) is 22.7 Å². The number of nitrogens with one attached hydrogen (secondary N) is 1. The van der Waals surface area contributed by atoms with Gasteiger partial charge in [-0.25, -0.2) is 9.48 Å². The summed E-state index contributed by atoms with van der Waals surface area (Å²) in [5.74, 6) is 0.696. The maximum atomic E-state index is 13.5. The predicted molar refractivity (Wildman–Crippen MR) is 141 cm³/mol. The quantitative estimate of drug-likeness (QED) is 0.265. The predicted octanol–water partition coefficient (Wildman–Crippen LogP) is 6.31. The number of hydrogen-bond donors (Lipinski definition) is 1. The van der Waals surface area contributed by atoms with Gasteiger partial charge in [-0.3, -0.25) is 0 Å². The number of fused-ring (bicyclic) bond motifs is 1. The molecule has 182 valence electrons. The summed E-state index contributed by atoms with van der Waals surface area (Å²) in [6.45, 7) is 2.32. The highest BCUT2D eigenvalue weighted by molar-refractivity contribution is 9.10. The van der Waals surface area contributed by atoms with Gasteiger partial charge in [0.2, 0.25) is 5.95 Å². The summed E-state index contributed by atoms with van der Waals surface area (Å²) in [6, 6.07) is 22.1. The summed E-state index contributed by atoms with van der Waals surface area (Å²) in [5, 5.41) is 8.25. The zero-order chi connectivity index (χ0) is 25.1. The first-order valence-corrected chi connectivity index (χ1v) is 12.4. The van der Waals surface area contributed by atoms with Crippen molar-refractivity contribution in [2.45, 2.75) is 26.2 Å². The molecule has 0 saturated carbocycles. The van der Waals surface area contributed by atoms with Crippen LogP contribution in [-0.4, -0.2) is 20.7 Å². The van der Waals surface area contributed by atoms with Crippen LogP contribution in [0.1, 0.15) is 29.7 Å². The number of ether oxygens (including phenoxy) is 2. The Balaban J connectivity index is 1.49. The molecule has 0 aliphatic carbocycles. The second-order valence-electron chi connectivity index (χ2n) is 8.25. The lowest BCUT2D eigenvalue weighted by atomic mass is 9.95. The fourth-order valence-corrected chi connectivity index (χ4v) is 4.55. The van der Waals surface area contributed by atoms with Crippen LogP contribution in [0.4, 0.5) is 5.95 Å². The van der Waals surface area contributed by atoms with Gasteiger partial charge >= 0.3 is 5.97 Å². The first-order chi connectivity index (χ1) is 17.5. The summed E-state index contributed by atoms with van der Waals surface area (Å²) < 4.78 is 14.5. The van der Waals surface area contributed by atoms with Crippen LogP contribution in [0.3, 0.4) is 0 Å². The average molecular weight is 566 g/mol. The lowest BCUT2D eigenvalue weighted by molar-refractivity contribution is -0.140. The Morgan fingerprint density at radius 3 is 2.58 bits per heavy atom. The van der Waals surface area contributed by atoms with E-state index in [0.29, 0.717) is 34.6 Å². The molecule has 7 nitrogen and oxygen atoms in total. The first-order valence-electron chi connectivity index (χ1n) is 11.2. The number of anilines is 1. The Kier molecular flexibility index (Phi) is 7.06. The van der Waals surface area contributed by atoms with E-state index in [-0.39, 0.29) is 6.61 Å². The molecule has 36 heavy (non-hydrogen) atoms. The number of hydrogen-bond acceptors (Lipinski definition) is 6. The number of benzene rings is 3. The standard InChI is InChI=1S/C27H22BrClN4O3/c1-17-24(26(34)36-15-18-5-3-2-4-6-18)25(33-27(32-17)30-16-31-33)22-13-20(28)9-12-23(22)35-14-19-7-10-21(29)11-8-19/h2-13,16,25H,14-15H2,1H3,(H,30,31,32). The highest BCUT2D eigenvalue weighted by atomic mass is 79.9. The Morgan fingerprint density at radius 2 is 1.81 bits per heavy atom. The third-order valence-electron chi connectivity index (χ3n) is 5.80. The van der Waals surface area contributed by atoms with Gasteiger partial charge in [-0.1, -0.05) is 70.0 Å². The van der Waals surface area contributed by atoms with Crippen molar-refractivity contribution in [2.75, 3.05) is 5.32 Å². The van der Waals surface area contributed by atoms with Crippen molar-refractivity contribution in [1.29, 1.82) is 0 Å². The molecule has 9 heteroatoms. The normalized spacial score (nSPS) is 14.7. The van der Waals surface area contributed by atoms with Gasteiger partial charge in [-0.15, -0.1) is 0 Å². The first kappa shape index (κ1) is 24.1. The Bertz CT molecular complexity index is 1420. The zero-order valence-electron chi connectivity index (χ0n) is 19.3. The molecular formula is C27H22BrClN4O3. The van der Waals surface area contributed by atoms with E-state index >= 15 is 0 Å². The molecule has 0 fully saturated rings. The lowest BCUT2D eigenvalue weighted by Gasteiger charge is -2.29. The summed E-state index contributed by atoms with van der Waals surface area (Å²) in [7, 11) is 0. The Morgan fingerprint density at radius 1 is 1.06 bits per heavy atom. The van der Waals surface area contributed by atoms with E-state index in [4.69, 9.17) is 21.1 Å². The molecule has 0 radical (unpaired) electrons. The number of rotatable bonds is 7. The number of esters is 1. The van der Waals surface area contributed by atoms with Crippen LogP contribution in [0.2, 0.25) is 5.02 Å². The molecule has 1 unspecified atom stereocenters.